The van der Waals surface area contributed by atoms with Crippen molar-refractivity contribution in [1.29, 1.82) is 0 Å². The fourth-order valence-electron chi connectivity index (χ4n) is 4.19. The summed E-state index contributed by atoms with van der Waals surface area (Å²) in [4.78, 5) is 21.7. The van der Waals surface area contributed by atoms with E-state index in [1.165, 1.54) is 17.3 Å². The molecule has 1 aliphatic rings. The van der Waals surface area contributed by atoms with Crippen molar-refractivity contribution in [1.82, 2.24) is 14.8 Å². The van der Waals surface area contributed by atoms with Gasteiger partial charge in [-0.25, -0.2) is 4.98 Å². The van der Waals surface area contributed by atoms with Gasteiger partial charge in [0.15, 0.2) is 0 Å². The molecule has 5 nitrogen and oxygen atoms in total. The summed E-state index contributed by atoms with van der Waals surface area (Å²) in [6, 6.07) is 20.0. The molecule has 0 N–H and O–H groups in total. The lowest BCUT2D eigenvalue weighted by Crippen LogP contribution is -2.49. The van der Waals surface area contributed by atoms with Crippen LogP contribution in [0.25, 0.3) is 0 Å². The van der Waals surface area contributed by atoms with Crippen molar-refractivity contribution in [3.8, 4) is 0 Å². The molecule has 1 aliphatic heterocycles. The number of ether oxygens (including phenoxy) is 1. The molecule has 7 heteroatoms. The molecule has 1 aromatic heterocycles. The number of aryl methyl sites for hydroxylation is 1. The Balaban J connectivity index is 1.39. The highest BCUT2D eigenvalue weighted by Crippen LogP contribution is 2.24. The van der Waals surface area contributed by atoms with Crippen LogP contribution in [-0.4, -0.2) is 59.7 Å². The third-order valence-electron chi connectivity index (χ3n) is 6.05. The molecule has 2 heterocycles. The van der Waals surface area contributed by atoms with Gasteiger partial charge < -0.3 is 9.64 Å². The van der Waals surface area contributed by atoms with Crippen molar-refractivity contribution in [2.45, 2.75) is 24.7 Å². The van der Waals surface area contributed by atoms with Gasteiger partial charge in [0, 0.05) is 43.9 Å². The van der Waals surface area contributed by atoms with Gasteiger partial charge in [-0.05, 0) is 48.6 Å². The van der Waals surface area contributed by atoms with Crippen molar-refractivity contribution in [3.05, 3.63) is 94.1 Å². The van der Waals surface area contributed by atoms with Gasteiger partial charge in [-0.1, -0.05) is 53.6 Å². The van der Waals surface area contributed by atoms with Crippen LogP contribution in [0.4, 0.5) is 0 Å². The Hall–Kier alpha value is -2.38. The number of piperazine rings is 1. The Labute approximate surface area is 211 Å². The monoisotopic (exact) mass is 495 g/mol. The number of pyridine rings is 1. The first-order valence-electron chi connectivity index (χ1n) is 11.5. The predicted octanol–water partition coefficient (Wildman–Crippen LogP) is 5.48. The number of halogens is 1. The van der Waals surface area contributed by atoms with Crippen LogP contribution in [0, 0.1) is 6.92 Å². The van der Waals surface area contributed by atoms with Crippen LogP contribution >= 0.6 is 23.4 Å². The van der Waals surface area contributed by atoms with Crippen molar-refractivity contribution < 1.29 is 9.53 Å². The topological polar surface area (TPSA) is 45.7 Å². The number of benzene rings is 2. The van der Waals surface area contributed by atoms with E-state index in [9.17, 15) is 4.79 Å². The molecule has 178 valence electrons. The third kappa shape index (κ3) is 6.39. The smallest absolute Gasteiger partial charge is 0.256 e. The van der Waals surface area contributed by atoms with Crippen LogP contribution in [0.2, 0.25) is 5.02 Å². The lowest BCUT2D eigenvalue weighted by molar-refractivity contribution is 0.00337. The van der Waals surface area contributed by atoms with Gasteiger partial charge in [0.25, 0.3) is 5.91 Å². The molecule has 2 aromatic carbocycles. The largest absolute Gasteiger partial charge is 0.368 e. The van der Waals surface area contributed by atoms with Gasteiger partial charge in [0.2, 0.25) is 0 Å². The summed E-state index contributed by atoms with van der Waals surface area (Å²) in [6.07, 6.45) is 3.60. The molecule has 1 fully saturated rings. The molecule has 0 bridgehead atoms. The second-order valence-corrected chi connectivity index (χ2v) is 9.72. The van der Waals surface area contributed by atoms with Crippen LogP contribution in [0.5, 0.6) is 0 Å². The molecule has 0 radical (unpaired) electrons. The number of amides is 1. The summed E-state index contributed by atoms with van der Waals surface area (Å²) in [5.74, 6) is 0.0575. The standard InChI is InChI=1S/C27H30ClN3O2S/c1-20-5-3-6-21(17-20)19-33-25(22-8-10-23(28)11-9-22)18-30-13-15-31(16-14-30)27(32)24-7-4-12-29-26(24)34-2/h3-12,17,25H,13-16,18-19H2,1-2H3. The van der Waals surface area contributed by atoms with Gasteiger partial charge in [0.1, 0.15) is 5.03 Å². The lowest BCUT2D eigenvalue weighted by atomic mass is 10.1. The number of rotatable bonds is 8. The van der Waals surface area contributed by atoms with Crippen LogP contribution in [-0.2, 0) is 11.3 Å². The summed E-state index contributed by atoms with van der Waals surface area (Å²) >= 11 is 7.63. The number of carbonyl (C=O) groups excluding carboxylic acids is 1. The van der Waals surface area contributed by atoms with Crippen molar-refractivity contribution in [3.63, 3.8) is 0 Å². The normalized spacial score (nSPS) is 15.3. The zero-order valence-electron chi connectivity index (χ0n) is 19.6. The molecule has 34 heavy (non-hydrogen) atoms. The average molecular weight is 496 g/mol. The van der Waals surface area contributed by atoms with Gasteiger partial charge in [-0.15, -0.1) is 11.8 Å². The minimum Gasteiger partial charge on any atom is -0.368 e. The van der Waals surface area contributed by atoms with Gasteiger partial charge >= 0.3 is 0 Å². The minimum atomic E-state index is -0.0820. The summed E-state index contributed by atoms with van der Waals surface area (Å²) in [6.45, 7) is 6.38. The second-order valence-electron chi connectivity index (χ2n) is 8.49. The van der Waals surface area contributed by atoms with Crippen molar-refractivity contribution in [2.75, 3.05) is 39.0 Å². The minimum absolute atomic E-state index is 0.0575. The van der Waals surface area contributed by atoms with Crippen LogP contribution < -0.4 is 0 Å². The Morgan fingerprint density at radius 1 is 1.09 bits per heavy atom. The molecule has 1 saturated heterocycles. The number of aromatic nitrogens is 1. The maximum atomic E-state index is 13.1. The van der Waals surface area contributed by atoms with E-state index in [0.29, 0.717) is 30.3 Å². The van der Waals surface area contributed by atoms with E-state index in [1.54, 1.807) is 6.20 Å². The molecular weight excluding hydrogens is 466 g/mol. The van der Waals surface area contributed by atoms with Crippen molar-refractivity contribution in [2.24, 2.45) is 0 Å². The molecule has 0 aliphatic carbocycles. The van der Waals surface area contributed by atoms with E-state index < -0.39 is 0 Å². The van der Waals surface area contributed by atoms with Gasteiger partial charge in [-0.2, -0.15) is 0 Å². The van der Waals surface area contributed by atoms with Crippen LogP contribution in [0.3, 0.4) is 0 Å². The zero-order valence-corrected chi connectivity index (χ0v) is 21.2. The fourth-order valence-corrected chi connectivity index (χ4v) is 4.85. The first-order chi connectivity index (χ1) is 16.5. The second kappa shape index (κ2) is 11.8. The first kappa shape index (κ1) is 24.7. The molecule has 0 spiro atoms. The molecule has 3 aromatic rings. The maximum Gasteiger partial charge on any atom is 0.256 e. The molecule has 0 saturated carbocycles. The lowest BCUT2D eigenvalue weighted by Gasteiger charge is -2.36. The van der Waals surface area contributed by atoms with E-state index in [1.807, 2.05) is 47.6 Å². The molecule has 4 rings (SSSR count). The number of carbonyl (C=O) groups is 1. The summed E-state index contributed by atoms with van der Waals surface area (Å²) in [5.41, 5.74) is 4.18. The van der Waals surface area contributed by atoms with E-state index >= 15 is 0 Å². The van der Waals surface area contributed by atoms with Crippen LogP contribution in [0.1, 0.15) is 33.2 Å². The highest BCUT2D eigenvalue weighted by atomic mass is 35.5. The molecule has 1 amide bonds. The Bertz CT molecular complexity index is 1100. The van der Waals surface area contributed by atoms with E-state index in [-0.39, 0.29) is 12.0 Å². The summed E-state index contributed by atoms with van der Waals surface area (Å²) < 4.78 is 6.41. The first-order valence-corrected chi connectivity index (χ1v) is 13.1. The van der Waals surface area contributed by atoms with Crippen molar-refractivity contribution >= 4 is 29.3 Å². The number of hydrogen-bond donors (Lipinski definition) is 0. The van der Waals surface area contributed by atoms with E-state index in [4.69, 9.17) is 16.3 Å². The Kier molecular flexibility index (Phi) is 8.62. The third-order valence-corrected chi connectivity index (χ3v) is 7.02. The maximum absolute atomic E-state index is 13.1. The SMILES string of the molecule is CSc1ncccc1C(=O)N1CCN(CC(OCc2cccc(C)c2)c2ccc(Cl)cc2)CC1. The quantitative estimate of drug-likeness (QED) is 0.387. The molecule has 1 atom stereocenters. The van der Waals surface area contributed by atoms with Gasteiger partial charge in [-0.3, -0.25) is 9.69 Å². The predicted molar refractivity (Wildman–Crippen MR) is 139 cm³/mol. The zero-order chi connectivity index (χ0) is 23.9. The fraction of sp³-hybridized carbons (Fsp3) is 0.333. The highest BCUT2D eigenvalue weighted by molar-refractivity contribution is 7.98. The van der Waals surface area contributed by atoms with E-state index in [2.05, 4.69) is 41.1 Å². The molecule has 1 unspecified atom stereocenters. The Morgan fingerprint density at radius 2 is 1.85 bits per heavy atom. The number of nitrogens with zero attached hydrogens (tertiary/aromatic N) is 3. The van der Waals surface area contributed by atoms with E-state index in [0.717, 1.165) is 35.8 Å². The summed E-state index contributed by atoms with van der Waals surface area (Å²) in [7, 11) is 0. The van der Waals surface area contributed by atoms with Crippen LogP contribution in [0.15, 0.2) is 71.9 Å². The highest BCUT2D eigenvalue weighted by Gasteiger charge is 2.26. The summed E-state index contributed by atoms with van der Waals surface area (Å²) in [5, 5.41) is 1.50. The number of thioether (sulfide) groups is 1. The molecular formula is C27H30ClN3O2S. The average Bonchev–Trinajstić information content (AvgIpc) is 2.87. The van der Waals surface area contributed by atoms with Gasteiger partial charge in [0.05, 0.1) is 18.3 Å². The number of hydrogen-bond acceptors (Lipinski definition) is 5. The Morgan fingerprint density at radius 3 is 2.56 bits per heavy atom.